The van der Waals surface area contributed by atoms with Crippen molar-refractivity contribution < 1.29 is 0 Å². The van der Waals surface area contributed by atoms with E-state index in [1.54, 1.807) is 11.6 Å². The second kappa shape index (κ2) is 6.05. The Morgan fingerprint density at radius 3 is 2.70 bits per heavy atom. The first-order valence-corrected chi connectivity index (χ1v) is 8.87. The first-order valence-electron chi connectivity index (χ1n) is 8.00. The van der Waals surface area contributed by atoms with Crippen molar-refractivity contribution in [3.8, 4) is 0 Å². The number of aryl methyl sites for hydroxylation is 1. The fraction of sp³-hybridized carbons (Fsp3) is 0.562. The van der Waals surface area contributed by atoms with Crippen molar-refractivity contribution >= 4 is 27.3 Å². The van der Waals surface area contributed by atoms with E-state index >= 15 is 0 Å². The molecule has 3 heterocycles. The number of hydrogen-bond donors (Lipinski definition) is 0. The number of rotatable bonds is 5. The normalized spacial score (nSPS) is 13.7. The minimum atomic E-state index is -0.00986. The Hall–Kier alpha value is -1.73. The summed E-state index contributed by atoms with van der Waals surface area (Å²) in [4.78, 5) is 14.8. The zero-order valence-electron chi connectivity index (χ0n) is 14.3. The van der Waals surface area contributed by atoms with Crippen LogP contribution in [-0.4, -0.2) is 36.7 Å². The Kier molecular flexibility index (Phi) is 4.25. The van der Waals surface area contributed by atoms with Gasteiger partial charge in [-0.15, -0.1) is 21.5 Å². The van der Waals surface area contributed by atoms with Gasteiger partial charge in [-0.25, -0.2) is 0 Å². The average Bonchev–Trinajstić information content (AvgIpc) is 3.15. The van der Waals surface area contributed by atoms with Gasteiger partial charge in [-0.3, -0.25) is 18.7 Å². The van der Waals surface area contributed by atoms with Gasteiger partial charge in [-0.2, -0.15) is 0 Å². The molecule has 6 nitrogen and oxygen atoms in total. The van der Waals surface area contributed by atoms with Crippen LogP contribution in [0.3, 0.4) is 0 Å². The number of nitrogens with zero attached hydrogens (tertiary/aromatic N) is 5. The lowest BCUT2D eigenvalue weighted by molar-refractivity contribution is 0.164. The molecule has 0 aliphatic carbocycles. The topological polar surface area (TPSA) is 55.4 Å². The quantitative estimate of drug-likeness (QED) is 0.720. The molecule has 1 atom stereocenters. The molecule has 0 aliphatic rings. The SMILES string of the molecule is CCN(Cc1nnc2n(C)c(=O)c3sccc3n12)C(C)C(C)C. The molecule has 0 radical (unpaired) electrons. The molecule has 3 aromatic rings. The van der Waals surface area contributed by atoms with Crippen LogP contribution in [0.1, 0.15) is 33.5 Å². The van der Waals surface area contributed by atoms with Crippen molar-refractivity contribution in [2.24, 2.45) is 13.0 Å². The molecule has 124 valence electrons. The largest absolute Gasteiger partial charge is 0.293 e. The molecule has 23 heavy (non-hydrogen) atoms. The van der Waals surface area contributed by atoms with E-state index in [4.69, 9.17) is 0 Å². The van der Waals surface area contributed by atoms with Gasteiger partial charge in [0.25, 0.3) is 5.56 Å². The molecular weight excluding hydrogens is 310 g/mol. The van der Waals surface area contributed by atoms with Gasteiger partial charge in [0.2, 0.25) is 5.78 Å². The monoisotopic (exact) mass is 333 g/mol. The summed E-state index contributed by atoms with van der Waals surface area (Å²) in [5.74, 6) is 2.05. The zero-order chi connectivity index (χ0) is 16.7. The van der Waals surface area contributed by atoms with Gasteiger partial charge in [0, 0.05) is 13.1 Å². The van der Waals surface area contributed by atoms with Gasteiger partial charge in [-0.1, -0.05) is 20.8 Å². The maximum absolute atomic E-state index is 12.4. The van der Waals surface area contributed by atoms with E-state index in [2.05, 4.69) is 42.8 Å². The van der Waals surface area contributed by atoms with E-state index < -0.39 is 0 Å². The third-order valence-corrected chi connectivity index (χ3v) is 5.58. The van der Waals surface area contributed by atoms with E-state index in [0.29, 0.717) is 17.7 Å². The third kappa shape index (κ3) is 2.57. The van der Waals surface area contributed by atoms with Gasteiger partial charge in [0.1, 0.15) is 4.70 Å². The highest BCUT2D eigenvalue weighted by Gasteiger charge is 2.21. The lowest BCUT2D eigenvalue weighted by atomic mass is 10.0. The minimum absolute atomic E-state index is 0.00986. The van der Waals surface area contributed by atoms with Gasteiger partial charge >= 0.3 is 0 Å². The molecule has 0 N–H and O–H groups in total. The Balaban J connectivity index is 2.14. The van der Waals surface area contributed by atoms with E-state index in [-0.39, 0.29) is 5.56 Å². The lowest BCUT2D eigenvalue weighted by Gasteiger charge is -2.29. The van der Waals surface area contributed by atoms with Crippen LogP contribution >= 0.6 is 11.3 Å². The van der Waals surface area contributed by atoms with E-state index in [9.17, 15) is 4.79 Å². The third-order valence-electron chi connectivity index (χ3n) is 4.69. The second-order valence-corrected chi connectivity index (χ2v) is 7.21. The van der Waals surface area contributed by atoms with Crippen molar-refractivity contribution in [3.05, 3.63) is 27.6 Å². The summed E-state index contributed by atoms with van der Waals surface area (Å²) in [6.45, 7) is 10.5. The number of aromatic nitrogens is 4. The summed E-state index contributed by atoms with van der Waals surface area (Å²) in [6, 6.07) is 2.43. The maximum Gasteiger partial charge on any atom is 0.272 e. The second-order valence-electron chi connectivity index (χ2n) is 6.30. The summed E-state index contributed by atoms with van der Waals surface area (Å²) in [6.07, 6.45) is 0. The van der Waals surface area contributed by atoms with Crippen LogP contribution in [0.2, 0.25) is 0 Å². The standard InChI is InChI=1S/C16H23N5OS/c1-6-20(11(4)10(2)3)9-13-17-18-16-19(5)15(22)14-12(21(13)16)7-8-23-14/h7-8,10-11H,6,9H2,1-5H3. The molecule has 1 unspecified atom stereocenters. The average molecular weight is 333 g/mol. The van der Waals surface area contributed by atoms with E-state index in [1.807, 2.05) is 15.8 Å². The molecule has 3 rings (SSSR count). The summed E-state index contributed by atoms with van der Waals surface area (Å²) < 4.78 is 4.35. The fourth-order valence-corrected chi connectivity index (χ4v) is 3.75. The summed E-state index contributed by atoms with van der Waals surface area (Å²) in [5.41, 5.74) is 0.894. The molecular formula is C16H23N5OS. The molecule has 7 heteroatoms. The van der Waals surface area contributed by atoms with Crippen LogP contribution in [0.25, 0.3) is 16.0 Å². The van der Waals surface area contributed by atoms with Gasteiger partial charge in [-0.05, 0) is 30.8 Å². The first kappa shape index (κ1) is 16.1. The van der Waals surface area contributed by atoms with Crippen molar-refractivity contribution in [1.29, 1.82) is 0 Å². The first-order chi connectivity index (χ1) is 11.0. The fourth-order valence-electron chi connectivity index (χ4n) is 2.90. The Morgan fingerprint density at radius 2 is 2.04 bits per heavy atom. The highest BCUT2D eigenvalue weighted by atomic mass is 32.1. The predicted octanol–water partition coefficient (Wildman–Crippen LogP) is 2.51. The van der Waals surface area contributed by atoms with Crippen LogP contribution < -0.4 is 5.56 Å². The maximum atomic E-state index is 12.4. The van der Waals surface area contributed by atoms with Crippen LogP contribution in [-0.2, 0) is 13.6 Å². The Morgan fingerprint density at radius 1 is 1.30 bits per heavy atom. The summed E-state index contributed by atoms with van der Waals surface area (Å²) in [7, 11) is 1.75. The molecule has 0 saturated heterocycles. The van der Waals surface area contributed by atoms with Crippen LogP contribution in [0.15, 0.2) is 16.2 Å². The van der Waals surface area contributed by atoms with Crippen molar-refractivity contribution in [2.75, 3.05) is 6.54 Å². The molecule has 0 aliphatic heterocycles. The van der Waals surface area contributed by atoms with Crippen molar-refractivity contribution in [3.63, 3.8) is 0 Å². The van der Waals surface area contributed by atoms with Crippen molar-refractivity contribution in [1.82, 2.24) is 24.1 Å². The smallest absolute Gasteiger partial charge is 0.272 e. The lowest BCUT2D eigenvalue weighted by Crippen LogP contribution is -2.36. The molecule has 0 spiro atoms. The van der Waals surface area contributed by atoms with Gasteiger partial charge in [0.05, 0.1) is 12.1 Å². The van der Waals surface area contributed by atoms with E-state index in [1.165, 1.54) is 11.3 Å². The number of fused-ring (bicyclic) bond motifs is 3. The molecule has 0 saturated carbocycles. The molecule has 3 aromatic heterocycles. The van der Waals surface area contributed by atoms with Crippen LogP contribution in [0.5, 0.6) is 0 Å². The summed E-state index contributed by atoms with van der Waals surface area (Å²) in [5, 5.41) is 10.6. The zero-order valence-corrected chi connectivity index (χ0v) is 15.1. The highest BCUT2D eigenvalue weighted by molar-refractivity contribution is 7.17. The van der Waals surface area contributed by atoms with Gasteiger partial charge < -0.3 is 0 Å². The van der Waals surface area contributed by atoms with Gasteiger partial charge in [0.15, 0.2) is 5.82 Å². The van der Waals surface area contributed by atoms with Crippen LogP contribution in [0, 0.1) is 5.92 Å². The summed E-state index contributed by atoms with van der Waals surface area (Å²) >= 11 is 1.47. The highest BCUT2D eigenvalue weighted by Crippen LogP contribution is 2.21. The Labute approximate surface area is 139 Å². The van der Waals surface area contributed by atoms with Crippen molar-refractivity contribution in [2.45, 2.75) is 40.3 Å². The number of hydrogen-bond acceptors (Lipinski definition) is 5. The van der Waals surface area contributed by atoms with E-state index in [0.717, 1.165) is 29.1 Å². The van der Waals surface area contributed by atoms with Crippen LogP contribution in [0.4, 0.5) is 0 Å². The molecule has 0 fully saturated rings. The Bertz CT molecular complexity index is 891. The molecule has 0 amide bonds. The predicted molar refractivity (Wildman–Crippen MR) is 94.0 cm³/mol. The number of thiophene rings is 1. The molecule has 0 aromatic carbocycles. The molecule has 0 bridgehead atoms. The minimum Gasteiger partial charge on any atom is -0.293 e.